The van der Waals surface area contributed by atoms with Crippen LogP contribution in [0.4, 0.5) is 11.4 Å². The van der Waals surface area contributed by atoms with E-state index in [0.29, 0.717) is 23.7 Å². The second-order valence-corrected chi connectivity index (χ2v) is 6.68. The Morgan fingerprint density at radius 3 is 2.41 bits per heavy atom. The summed E-state index contributed by atoms with van der Waals surface area (Å²) in [5.41, 5.74) is 1.33. The lowest BCUT2D eigenvalue weighted by atomic mass is 10.2. The third kappa shape index (κ3) is 6.21. The van der Waals surface area contributed by atoms with Crippen LogP contribution < -0.4 is 10.2 Å². The molecule has 0 fully saturated rings. The van der Waals surface area contributed by atoms with Crippen LogP contribution >= 0.6 is 0 Å². The number of nitrogens with zero attached hydrogens (tertiary/aromatic N) is 1. The number of benzene rings is 2. The molecule has 0 aliphatic heterocycles. The van der Waals surface area contributed by atoms with Gasteiger partial charge in [0.15, 0.2) is 6.61 Å². The molecule has 32 heavy (non-hydrogen) atoms. The average molecular weight is 436 g/mol. The van der Waals surface area contributed by atoms with Crippen molar-refractivity contribution in [3.8, 4) is 0 Å². The van der Waals surface area contributed by atoms with Crippen LogP contribution in [0, 0.1) is 0 Å². The summed E-state index contributed by atoms with van der Waals surface area (Å²) >= 11 is 0. The minimum Gasteiger partial charge on any atom is -0.467 e. The van der Waals surface area contributed by atoms with Gasteiger partial charge in [-0.15, -0.1) is 0 Å². The van der Waals surface area contributed by atoms with Crippen LogP contribution in [0.25, 0.3) is 0 Å². The molecule has 1 aromatic heterocycles. The Morgan fingerprint density at radius 2 is 1.69 bits per heavy atom. The number of hydrogen-bond acceptors (Lipinski definition) is 7. The zero-order valence-corrected chi connectivity index (χ0v) is 17.7. The van der Waals surface area contributed by atoms with E-state index in [2.05, 4.69) is 5.32 Å². The molecule has 0 radical (unpaired) electrons. The van der Waals surface area contributed by atoms with E-state index in [9.17, 15) is 14.4 Å². The Bertz CT molecular complexity index is 1030. The number of furan rings is 1. The molecule has 1 amide bonds. The second kappa shape index (κ2) is 11.4. The average Bonchev–Trinajstić information content (AvgIpc) is 3.34. The second-order valence-electron chi connectivity index (χ2n) is 6.68. The number of rotatable bonds is 10. The first-order valence-corrected chi connectivity index (χ1v) is 10.1. The summed E-state index contributed by atoms with van der Waals surface area (Å²) in [6, 6.07) is 19.1. The van der Waals surface area contributed by atoms with Crippen molar-refractivity contribution < 1.29 is 28.3 Å². The Morgan fingerprint density at radius 1 is 0.938 bits per heavy atom. The Kier molecular flexibility index (Phi) is 8.02. The van der Waals surface area contributed by atoms with E-state index in [1.165, 1.54) is 4.90 Å². The molecule has 2 aromatic carbocycles. The number of ether oxygens (including phenoxy) is 2. The number of esters is 2. The summed E-state index contributed by atoms with van der Waals surface area (Å²) in [5.74, 6) is -1.05. The van der Waals surface area contributed by atoms with Gasteiger partial charge >= 0.3 is 11.9 Å². The van der Waals surface area contributed by atoms with Gasteiger partial charge in [0.25, 0.3) is 5.91 Å². The summed E-state index contributed by atoms with van der Waals surface area (Å²) in [4.78, 5) is 38.7. The van der Waals surface area contributed by atoms with Crippen molar-refractivity contribution in [1.82, 2.24) is 0 Å². The molecule has 0 bridgehead atoms. The van der Waals surface area contributed by atoms with E-state index in [1.54, 1.807) is 73.9 Å². The van der Waals surface area contributed by atoms with Gasteiger partial charge in [0.1, 0.15) is 12.3 Å². The molecule has 3 aromatic rings. The van der Waals surface area contributed by atoms with Gasteiger partial charge in [0, 0.05) is 11.4 Å². The highest BCUT2D eigenvalue weighted by molar-refractivity contribution is 6.01. The molecule has 0 aliphatic carbocycles. The van der Waals surface area contributed by atoms with E-state index in [4.69, 9.17) is 13.9 Å². The van der Waals surface area contributed by atoms with Gasteiger partial charge in [-0.3, -0.25) is 14.5 Å². The minimum absolute atomic E-state index is 0.201. The number of nitrogens with one attached hydrogen (secondary N) is 1. The highest BCUT2D eigenvalue weighted by Gasteiger charge is 2.22. The number of para-hydroxylation sites is 2. The predicted octanol–water partition coefficient (Wildman–Crippen LogP) is 3.64. The third-order valence-corrected chi connectivity index (χ3v) is 4.47. The number of anilines is 2. The van der Waals surface area contributed by atoms with Crippen molar-refractivity contribution in [2.75, 3.05) is 30.0 Å². The largest absolute Gasteiger partial charge is 0.467 e. The van der Waals surface area contributed by atoms with Gasteiger partial charge in [0.05, 0.1) is 25.0 Å². The molecule has 0 saturated carbocycles. The van der Waals surface area contributed by atoms with E-state index in [0.717, 1.165) is 0 Å². The van der Waals surface area contributed by atoms with Crippen LogP contribution in [0.3, 0.4) is 0 Å². The smallest absolute Gasteiger partial charge is 0.340 e. The fourth-order valence-electron chi connectivity index (χ4n) is 2.96. The summed E-state index contributed by atoms with van der Waals surface area (Å²) < 4.78 is 15.5. The summed E-state index contributed by atoms with van der Waals surface area (Å²) in [5, 5.41) is 3.12. The molecule has 1 N–H and O–H groups in total. The fourth-order valence-corrected chi connectivity index (χ4v) is 2.96. The number of carbonyl (C=O) groups is 3. The van der Waals surface area contributed by atoms with Crippen LogP contribution in [0.2, 0.25) is 0 Å². The van der Waals surface area contributed by atoms with Gasteiger partial charge < -0.3 is 19.2 Å². The Hall–Kier alpha value is -4.07. The zero-order chi connectivity index (χ0) is 22.8. The normalized spacial score (nSPS) is 10.3. The van der Waals surface area contributed by atoms with E-state index in [-0.39, 0.29) is 18.7 Å². The van der Waals surface area contributed by atoms with E-state index in [1.807, 2.05) is 6.07 Å². The van der Waals surface area contributed by atoms with Crippen molar-refractivity contribution in [3.63, 3.8) is 0 Å². The van der Waals surface area contributed by atoms with Crippen molar-refractivity contribution >= 4 is 29.2 Å². The SMILES string of the molecule is CCOC(=O)CN(C(=O)COC(=O)c1ccccc1NCc1ccco1)c1ccccc1. The van der Waals surface area contributed by atoms with E-state index >= 15 is 0 Å². The molecule has 1 heterocycles. The molecule has 0 aliphatic rings. The monoisotopic (exact) mass is 436 g/mol. The molecule has 166 valence electrons. The quantitative estimate of drug-likeness (QED) is 0.485. The molecule has 8 nitrogen and oxygen atoms in total. The maximum absolute atomic E-state index is 12.8. The maximum atomic E-state index is 12.8. The molecular formula is C24H24N2O6. The fraction of sp³-hybridized carbons (Fsp3) is 0.208. The highest BCUT2D eigenvalue weighted by Crippen LogP contribution is 2.18. The van der Waals surface area contributed by atoms with Crippen molar-refractivity contribution in [3.05, 3.63) is 84.3 Å². The van der Waals surface area contributed by atoms with Crippen LogP contribution in [0.5, 0.6) is 0 Å². The zero-order valence-electron chi connectivity index (χ0n) is 17.7. The highest BCUT2D eigenvalue weighted by atomic mass is 16.5. The third-order valence-electron chi connectivity index (χ3n) is 4.47. The number of amides is 1. The van der Waals surface area contributed by atoms with Crippen molar-refractivity contribution in [2.45, 2.75) is 13.5 Å². The van der Waals surface area contributed by atoms with Crippen molar-refractivity contribution in [2.24, 2.45) is 0 Å². The molecular weight excluding hydrogens is 412 g/mol. The predicted molar refractivity (Wildman–Crippen MR) is 118 cm³/mol. The molecule has 0 spiro atoms. The lowest BCUT2D eigenvalue weighted by Gasteiger charge is -2.21. The molecule has 0 unspecified atom stereocenters. The number of carbonyl (C=O) groups excluding carboxylic acids is 3. The molecule has 0 atom stereocenters. The van der Waals surface area contributed by atoms with Gasteiger partial charge in [-0.1, -0.05) is 30.3 Å². The van der Waals surface area contributed by atoms with Crippen LogP contribution in [-0.2, 0) is 25.6 Å². The number of hydrogen-bond donors (Lipinski definition) is 1. The lowest BCUT2D eigenvalue weighted by molar-refractivity contribution is -0.142. The van der Waals surface area contributed by atoms with Crippen LogP contribution in [-0.4, -0.2) is 37.6 Å². The first-order chi connectivity index (χ1) is 15.6. The molecule has 0 saturated heterocycles. The molecule has 3 rings (SSSR count). The summed E-state index contributed by atoms with van der Waals surface area (Å²) in [6.07, 6.45) is 1.57. The Labute approximate surface area is 185 Å². The summed E-state index contributed by atoms with van der Waals surface area (Å²) in [6.45, 7) is 1.46. The first kappa shape index (κ1) is 22.6. The van der Waals surface area contributed by atoms with Crippen molar-refractivity contribution in [1.29, 1.82) is 0 Å². The van der Waals surface area contributed by atoms with Crippen LogP contribution in [0.1, 0.15) is 23.0 Å². The summed E-state index contributed by atoms with van der Waals surface area (Å²) in [7, 11) is 0. The van der Waals surface area contributed by atoms with Gasteiger partial charge in [0.2, 0.25) is 0 Å². The van der Waals surface area contributed by atoms with Gasteiger partial charge in [-0.05, 0) is 43.3 Å². The van der Waals surface area contributed by atoms with Crippen LogP contribution in [0.15, 0.2) is 77.4 Å². The lowest BCUT2D eigenvalue weighted by Crippen LogP contribution is -2.39. The Balaban J connectivity index is 1.66. The minimum atomic E-state index is -0.662. The van der Waals surface area contributed by atoms with Gasteiger partial charge in [-0.2, -0.15) is 0 Å². The van der Waals surface area contributed by atoms with E-state index < -0.39 is 24.5 Å². The maximum Gasteiger partial charge on any atom is 0.340 e. The first-order valence-electron chi connectivity index (χ1n) is 10.1. The van der Waals surface area contributed by atoms with Gasteiger partial charge in [-0.25, -0.2) is 4.79 Å². The topological polar surface area (TPSA) is 98.1 Å². The standard InChI is InChI=1S/C24H24N2O6/c1-2-30-23(28)16-26(18-9-4-3-5-10-18)22(27)17-32-24(29)20-12-6-7-13-21(20)25-15-19-11-8-14-31-19/h3-14,25H,2,15-17H2,1H3. The molecule has 8 heteroatoms.